The Bertz CT molecular complexity index is 1870. The predicted molar refractivity (Wildman–Crippen MR) is 210 cm³/mol. The topological polar surface area (TPSA) is 408 Å². The van der Waals surface area contributed by atoms with E-state index < -0.39 is 144 Å². The third-order valence-corrected chi connectivity index (χ3v) is 11.4. The Kier molecular flexibility index (Phi) is 18.3. The number of phenols is 1. The quantitative estimate of drug-likeness (QED) is 0.0661. The zero-order valence-electron chi connectivity index (χ0n) is 31.7. The number of fused-ring (bicyclic) bond motifs is 1. The number of nitrogens with one attached hydrogen (secondary N) is 6. The molecule has 0 radical (unpaired) electrons. The van der Waals surface area contributed by atoms with Crippen LogP contribution in [0.15, 0.2) is 18.2 Å². The minimum absolute atomic E-state index is 0.0299. The van der Waals surface area contributed by atoms with E-state index >= 15 is 0 Å². The molecular weight excluding hydrogens is 839 g/mol. The fourth-order valence-corrected chi connectivity index (χ4v) is 8.13. The lowest BCUT2D eigenvalue weighted by molar-refractivity contribution is -0.385. The average Bonchev–Trinajstić information content (AvgIpc) is 3.18. The molecule has 3 rings (SSSR count). The number of hydrogen-bond acceptors (Lipinski definition) is 16. The number of nitrogens with zero attached hydrogens (tertiary/aromatic N) is 2. The Hall–Kier alpha value is -6.22. The van der Waals surface area contributed by atoms with E-state index in [1.54, 1.807) is 0 Å². The summed E-state index contributed by atoms with van der Waals surface area (Å²) in [4.78, 5) is 140. The number of hydrogen-bond donors (Lipinski definition) is 11. The Morgan fingerprint density at radius 3 is 2.10 bits per heavy atom. The van der Waals surface area contributed by atoms with Crippen LogP contribution in [0, 0.1) is 10.1 Å². The number of carboxylic acids is 1. The first kappa shape index (κ1) is 48.2. The summed E-state index contributed by atoms with van der Waals surface area (Å²) >= 11 is 0. The summed E-state index contributed by atoms with van der Waals surface area (Å²) in [5.41, 5.74) is 16.1. The first-order valence-corrected chi connectivity index (χ1v) is 20.6. The van der Waals surface area contributed by atoms with Crippen LogP contribution < -0.4 is 49.1 Å². The highest BCUT2D eigenvalue weighted by molar-refractivity contribution is 8.76. The molecule has 0 aliphatic carbocycles. The second-order valence-electron chi connectivity index (χ2n) is 13.5. The maximum absolute atomic E-state index is 13.6. The van der Waals surface area contributed by atoms with Crippen molar-refractivity contribution in [3.8, 4) is 5.75 Å². The maximum atomic E-state index is 13.6. The van der Waals surface area contributed by atoms with Gasteiger partial charge in [-0.15, -0.1) is 0 Å². The highest BCUT2D eigenvalue weighted by Gasteiger charge is 2.36. The second-order valence-corrected chi connectivity index (χ2v) is 16.0. The van der Waals surface area contributed by atoms with Crippen molar-refractivity contribution in [2.75, 3.05) is 31.1 Å². The maximum Gasteiger partial charge on any atom is 0.310 e. The van der Waals surface area contributed by atoms with Crippen LogP contribution in [0.1, 0.15) is 37.7 Å². The van der Waals surface area contributed by atoms with Crippen LogP contribution in [0.2, 0.25) is 0 Å². The largest absolute Gasteiger partial charge is 0.502 e. The third-order valence-electron chi connectivity index (χ3n) is 8.90. The molecule has 2 aliphatic heterocycles. The minimum Gasteiger partial charge on any atom is -0.502 e. The van der Waals surface area contributed by atoms with Gasteiger partial charge in [-0.3, -0.25) is 58.1 Å². The van der Waals surface area contributed by atoms with E-state index in [9.17, 15) is 68.3 Å². The zero-order chi connectivity index (χ0) is 44.7. The van der Waals surface area contributed by atoms with Gasteiger partial charge in [-0.05, 0) is 30.9 Å². The number of carbonyl (C=O) groups is 10. The SMILES string of the molecule is NC(=O)C[C@@H]1NC(=O)[C@@H]2CCCCN2C(=O)CNC(=O)[C@H](Cc2ccc(O)c([N+](=O)[O-])c2)NC(=O)CNC(=O)[C@@H](CC(=O)O)NC(=O)[C@H](N)CSSC[C@H](C(N)=O)NC1=O. The van der Waals surface area contributed by atoms with Crippen molar-refractivity contribution in [2.24, 2.45) is 17.2 Å². The van der Waals surface area contributed by atoms with Crippen LogP contribution in [-0.2, 0) is 54.4 Å². The number of nitro benzene ring substituents is 1. The van der Waals surface area contributed by atoms with Crippen molar-refractivity contribution in [3.63, 3.8) is 0 Å². The molecule has 2 aliphatic rings. The van der Waals surface area contributed by atoms with Crippen LogP contribution in [0.3, 0.4) is 0 Å². The molecule has 6 atom stereocenters. The van der Waals surface area contributed by atoms with Gasteiger partial charge >= 0.3 is 11.7 Å². The number of aliphatic carboxylic acids is 1. The molecule has 0 aromatic heterocycles. The van der Waals surface area contributed by atoms with Gasteiger partial charge in [-0.25, -0.2) is 0 Å². The normalized spacial score (nSPS) is 24.9. The van der Waals surface area contributed by atoms with E-state index in [4.69, 9.17) is 17.2 Å². The molecule has 1 aromatic rings. The van der Waals surface area contributed by atoms with Crippen LogP contribution >= 0.6 is 21.6 Å². The molecule has 0 bridgehead atoms. The zero-order valence-corrected chi connectivity index (χ0v) is 33.3. The summed E-state index contributed by atoms with van der Waals surface area (Å²) < 4.78 is 0. The standard InChI is InChI=1S/C33H45N11O14S2/c34-16-13-59-60-14-20(28(36)51)42-32(55)18(9-24(35)46)41-33(56)21-3-1-2-6-43(21)26(48)12-38-30(53)17(7-15-4-5-23(45)22(8-15)44(57)58)39-25(47)11-37-31(54)19(10-27(49)50)40-29(16)52/h4-5,8,16-21,45H,1-3,6-7,9-14,34H2,(H2,35,46)(H2,36,51)(H,37,54)(H,38,53)(H,39,47)(H,40,52)(H,41,56)(H,42,55)(H,49,50)/t16-,17+,18+,19-,20-,21+/m1/s1. The van der Waals surface area contributed by atoms with Gasteiger partial charge in [0, 0.05) is 30.5 Å². The lowest BCUT2D eigenvalue weighted by Crippen LogP contribution is -2.60. The summed E-state index contributed by atoms with van der Waals surface area (Å²) in [7, 11) is 1.87. The van der Waals surface area contributed by atoms with E-state index in [-0.39, 0.29) is 30.0 Å². The van der Waals surface area contributed by atoms with Gasteiger partial charge in [-0.1, -0.05) is 27.7 Å². The number of amides is 9. The van der Waals surface area contributed by atoms with Gasteiger partial charge in [0.15, 0.2) is 5.75 Å². The van der Waals surface area contributed by atoms with Gasteiger partial charge in [0.25, 0.3) is 0 Å². The van der Waals surface area contributed by atoms with Gasteiger partial charge < -0.3 is 64.2 Å². The fourth-order valence-electron chi connectivity index (χ4n) is 5.83. The molecule has 0 spiro atoms. The Balaban J connectivity index is 1.96. The number of nitrogens with two attached hydrogens (primary N) is 3. The fraction of sp³-hybridized carbons (Fsp3) is 0.515. The number of benzene rings is 1. The lowest BCUT2D eigenvalue weighted by Gasteiger charge is -2.35. The second kappa shape index (κ2) is 22.8. The number of phenolic OH excluding ortho intramolecular Hbond substituents is 1. The first-order valence-electron chi connectivity index (χ1n) is 18.1. The molecule has 0 unspecified atom stereocenters. The summed E-state index contributed by atoms with van der Waals surface area (Å²) in [6, 6.07) is -5.75. The van der Waals surface area contributed by atoms with Gasteiger partial charge in [0.1, 0.15) is 30.2 Å². The number of primary amides is 2. The van der Waals surface area contributed by atoms with Crippen LogP contribution in [-0.4, -0.2) is 147 Å². The molecule has 14 N–H and O–H groups in total. The molecule has 2 heterocycles. The monoisotopic (exact) mass is 883 g/mol. The highest BCUT2D eigenvalue weighted by atomic mass is 33.1. The number of carboxylic acid groups (broad SMARTS) is 1. The van der Waals surface area contributed by atoms with Crippen molar-refractivity contribution in [3.05, 3.63) is 33.9 Å². The van der Waals surface area contributed by atoms with E-state index in [2.05, 4.69) is 31.9 Å². The van der Waals surface area contributed by atoms with E-state index in [1.807, 2.05) is 0 Å². The summed E-state index contributed by atoms with van der Waals surface area (Å²) in [5, 5.41) is 44.5. The molecule has 9 amide bonds. The Labute approximate surface area is 348 Å². The summed E-state index contributed by atoms with van der Waals surface area (Å²) in [5.74, 6) is -11.4. The minimum atomic E-state index is -1.74. The molecule has 1 aromatic carbocycles. The number of aromatic hydroxyl groups is 1. The molecule has 328 valence electrons. The number of rotatable bonds is 8. The predicted octanol–water partition coefficient (Wildman–Crippen LogP) is -5.05. The first-order chi connectivity index (χ1) is 28.3. The van der Waals surface area contributed by atoms with Crippen LogP contribution in [0.5, 0.6) is 5.75 Å². The van der Waals surface area contributed by atoms with E-state index in [1.165, 1.54) is 6.07 Å². The van der Waals surface area contributed by atoms with Crippen LogP contribution in [0.4, 0.5) is 5.69 Å². The number of nitro groups is 1. The molecule has 2 saturated heterocycles. The Morgan fingerprint density at radius 2 is 1.45 bits per heavy atom. The van der Waals surface area contributed by atoms with Crippen molar-refractivity contribution in [1.82, 2.24) is 36.8 Å². The number of carbonyl (C=O) groups excluding carboxylic acids is 9. The van der Waals surface area contributed by atoms with E-state index in [0.29, 0.717) is 12.8 Å². The average molecular weight is 884 g/mol. The van der Waals surface area contributed by atoms with Crippen molar-refractivity contribution >= 4 is 86.4 Å². The summed E-state index contributed by atoms with van der Waals surface area (Å²) in [6.45, 7) is -1.59. The molecular formula is C33H45N11O14S2. The lowest BCUT2D eigenvalue weighted by atomic mass is 10.00. The van der Waals surface area contributed by atoms with E-state index in [0.717, 1.165) is 38.6 Å². The Morgan fingerprint density at radius 1 is 0.817 bits per heavy atom. The van der Waals surface area contributed by atoms with Gasteiger partial charge in [0.2, 0.25) is 53.2 Å². The van der Waals surface area contributed by atoms with Crippen LogP contribution in [0.25, 0.3) is 0 Å². The van der Waals surface area contributed by atoms with Crippen molar-refractivity contribution in [2.45, 2.75) is 74.8 Å². The highest BCUT2D eigenvalue weighted by Crippen LogP contribution is 2.27. The van der Waals surface area contributed by atoms with Crippen molar-refractivity contribution in [1.29, 1.82) is 0 Å². The summed E-state index contributed by atoms with van der Waals surface area (Å²) in [6.07, 6.45) is -1.11. The van der Waals surface area contributed by atoms with Gasteiger partial charge in [-0.2, -0.15) is 0 Å². The third kappa shape index (κ3) is 14.9. The van der Waals surface area contributed by atoms with Gasteiger partial charge in [0.05, 0.1) is 36.9 Å². The molecule has 25 nitrogen and oxygen atoms in total. The smallest absolute Gasteiger partial charge is 0.310 e. The van der Waals surface area contributed by atoms with Crippen molar-refractivity contribution < 1.29 is 63.1 Å². The molecule has 27 heteroatoms. The molecule has 0 saturated carbocycles. The number of piperidine rings is 1. The molecule has 2 fully saturated rings. The molecule has 60 heavy (non-hydrogen) atoms.